The molecule has 0 unspecified atom stereocenters. The summed E-state index contributed by atoms with van der Waals surface area (Å²) in [4.78, 5) is 13.8. The fraction of sp³-hybridized carbons (Fsp3) is 0.200. The summed E-state index contributed by atoms with van der Waals surface area (Å²) >= 11 is 0. The van der Waals surface area contributed by atoms with Gasteiger partial charge in [0.15, 0.2) is 0 Å². The van der Waals surface area contributed by atoms with Gasteiger partial charge in [0, 0.05) is 11.9 Å². The summed E-state index contributed by atoms with van der Waals surface area (Å²) in [5.41, 5.74) is 0.627. The first-order valence-corrected chi connectivity index (χ1v) is 2.44. The fourth-order valence-electron chi connectivity index (χ4n) is 0.561. The van der Waals surface area contributed by atoms with Crippen LogP contribution < -0.4 is 0 Å². The van der Waals surface area contributed by atoms with E-state index < -0.39 is 6.09 Å². The molecule has 4 nitrogen and oxygen atoms in total. The predicted octanol–water partition coefficient (Wildman–Crippen LogP) is 0.718. The quantitative estimate of drug-likeness (QED) is 0.557. The van der Waals surface area contributed by atoms with Crippen LogP contribution in [0, 0.1) is 6.92 Å². The highest BCUT2D eigenvalue weighted by Gasteiger charge is 2.01. The summed E-state index contributed by atoms with van der Waals surface area (Å²) in [6.07, 6.45) is 1.76. The smallest absolute Gasteiger partial charge is 0.417 e. The second-order valence-corrected chi connectivity index (χ2v) is 1.69. The second-order valence-electron chi connectivity index (χ2n) is 1.69. The maximum Gasteiger partial charge on any atom is 0.417 e. The van der Waals surface area contributed by atoms with Crippen LogP contribution in [-0.4, -0.2) is 20.8 Å². The molecule has 0 fully saturated rings. The van der Waals surface area contributed by atoms with Crippen molar-refractivity contribution < 1.29 is 9.90 Å². The standard InChI is InChI=1S/C5H6N2O2/c1-4-2-6-3-7(4)5(8)9/h2-3H,1H3,(H,8,9). The van der Waals surface area contributed by atoms with E-state index in [2.05, 4.69) is 4.98 Å². The molecule has 0 aliphatic carbocycles. The molecule has 1 rings (SSSR count). The Kier molecular flexibility index (Phi) is 1.22. The van der Waals surface area contributed by atoms with E-state index in [9.17, 15) is 4.79 Å². The third-order valence-corrected chi connectivity index (χ3v) is 1.03. The van der Waals surface area contributed by atoms with Gasteiger partial charge in [-0.3, -0.25) is 0 Å². The average molecular weight is 126 g/mol. The lowest BCUT2D eigenvalue weighted by Gasteiger charge is -1.92. The van der Waals surface area contributed by atoms with Crippen LogP contribution in [0.1, 0.15) is 5.69 Å². The predicted molar refractivity (Wildman–Crippen MR) is 30.4 cm³/mol. The molecule has 1 N–H and O–H groups in total. The van der Waals surface area contributed by atoms with Crippen LogP contribution in [0.3, 0.4) is 0 Å². The number of imidazole rings is 1. The van der Waals surface area contributed by atoms with E-state index in [1.54, 1.807) is 6.92 Å². The van der Waals surface area contributed by atoms with Gasteiger partial charge in [-0.1, -0.05) is 0 Å². The Morgan fingerprint density at radius 1 is 1.89 bits per heavy atom. The summed E-state index contributed by atoms with van der Waals surface area (Å²) < 4.78 is 1.06. The number of aromatic nitrogens is 2. The Hall–Kier alpha value is -1.32. The SMILES string of the molecule is Cc1cncn1C(=O)O. The number of aryl methyl sites for hydroxylation is 1. The summed E-state index contributed by atoms with van der Waals surface area (Å²) in [5.74, 6) is 0. The monoisotopic (exact) mass is 126 g/mol. The van der Waals surface area contributed by atoms with Crippen molar-refractivity contribution in [3.8, 4) is 0 Å². The van der Waals surface area contributed by atoms with Gasteiger partial charge in [-0.25, -0.2) is 14.3 Å². The van der Waals surface area contributed by atoms with Crippen molar-refractivity contribution >= 4 is 6.09 Å². The summed E-state index contributed by atoms with van der Waals surface area (Å²) in [7, 11) is 0. The molecule has 48 valence electrons. The van der Waals surface area contributed by atoms with Crippen LogP contribution in [0.15, 0.2) is 12.5 Å². The number of rotatable bonds is 0. The maximum atomic E-state index is 10.2. The van der Waals surface area contributed by atoms with Gasteiger partial charge in [-0.15, -0.1) is 0 Å². The Labute approximate surface area is 51.8 Å². The van der Waals surface area contributed by atoms with E-state index in [0.29, 0.717) is 5.69 Å². The minimum Gasteiger partial charge on any atom is -0.464 e. The minimum absolute atomic E-state index is 0.627. The molecule has 9 heavy (non-hydrogen) atoms. The highest BCUT2D eigenvalue weighted by atomic mass is 16.4. The van der Waals surface area contributed by atoms with Gasteiger partial charge in [0.1, 0.15) is 6.33 Å². The number of hydrogen-bond donors (Lipinski definition) is 1. The van der Waals surface area contributed by atoms with Gasteiger partial charge < -0.3 is 5.11 Å². The van der Waals surface area contributed by atoms with E-state index in [1.807, 2.05) is 0 Å². The molecule has 0 radical (unpaired) electrons. The van der Waals surface area contributed by atoms with Gasteiger partial charge in [0.2, 0.25) is 0 Å². The molecule has 0 aromatic carbocycles. The first kappa shape index (κ1) is 5.81. The van der Waals surface area contributed by atoms with Crippen molar-refractivity contribution in [2.45, 2.75) is 6.92 Å². The molecule has 0 amide bonds. The van der Waals surface area contributed by atoms with E-state index in [1.165, 1.54) is 12.5 Å². The third kappa shape index (κ3) is 0.910. The fourth-order valence-corrected chi connectivity index (χ4v) is 0.561. The summed E-state index contributed by atoms with van der Waals surface area (Å²) in [6.45, 7) is 1.68. The zero-order chi connectivity index (χ0) is 6.85. The molecule has 0 saturated carbocycles. The second kappa shape index (κ2) is 1.89. The first-order valence-electron chi connectivity index (χ1n) is 2.44. The van der Waals surface area contributed by atoms with Gasteiger partial charge in [-0.05, 0) is 6.92 Å². The Morgan fingerprint density at radius 2 is 2.56 bits per heavy atom. The molecule has 1 aromatic heterocycles. The zero-order valence-corrected chi connectivity index (χ0v) is 4.90. The number of carboxylic acid groups (broad SMARTS) is 1. The molecule has 0 spiro atoms. The normalized spacial score (nSPS) is 9.44. The van der Waals surface area contributed by atoms with Crippen molar-refractivity contribution in [1.29, 1.82) is 0 Å². The van der Waals surface area contributed by atoms with Crippen molar-refractivity contribution in [3.63, 3.8) is 0 Å². The van der Waals surface area contributed by atoms with Gasteiger partial charge in [-0.2, -0.15) is 0 Å². The van der Waals surface area contributed by atoms with E-state index >= 15 is 0 Å². The van der Waals surface area contributed by atoms with Gasteiger partial charge >= 0.3 is 6.09 Å². The van der Waals surface area contributed by atoms with Crippen LogP contribution in [0.25, 0.3) is 0 Å². The number of nitrogens with zero attached hydrogens (tertiary/aromatic N) is 2. The molecule has 0 bridgehead atoms. The summed E-state index contributed by atoms with van der Waals surface area (Å²) in [6, 6.07) is 0. The van der Waals surface area contributed by atoms with Gasteiger partial charge in [0.25, 0.3) is 0 Å². The lowest BCUT2D eigenvalue weighted by Crippen LogP contribution is -2.07. The Morgan fingerprint density at radius 3 is 2.78 bits per heavy atom. The molecular weight excluding hydrogens is 120 g/mol. The molecule has 0 aliphatic rings. The average Bonchev–Trinajstić information content (AvgIpc) is 2.13. The molecule has 0 atom stereocenters. The molecule has 0 aliphatic heterocycles. The third-order valence-electron chi connectivity index (χ3n) is 1.03. The lowest BCUT2D eigenvalue weighted by molar-refractivity contribution is 0.195. The topological polar surface area (TPSA) is 55.1 Å². The van der Waals surface area contributed by atoms with Crippen LogP contribution in [0.4, 0.5) is 4.79 Å². The highest BCUT2D eigenvalue weighted by Crippen LogP contribution is 1.93. The van der Waals surface area contributed by atoms with Crippen molar-refractivity contribution in [1.82, 2.24) is 9.55 Å². The van der Waals surface area contributed by atoms with Crippen LogP contribution in [0.2, 0.25) is 0 Å². The van der Waals surface area contributed by atoms with Gasteiger partial charge in [0.05, 0.1) is 0 Å². The zero-order valence-electron chi connectivity index (χ0n) is 4.90. The maximum absolute atomic E-state index is 10.2. The van der Waals surface area contributed by atoms with Crippen LogP contribution in [-0.2, 0) is 0 Å². The molecule has 1 aromatic rings. The molecular formula is C5H6N2O2. The molecule has 0 saturated heterocycles. The highest BCUT2D eigenvalue weighted by molar-refractivity contribution is 5.68. The van der Waals surface area contributed by atoms with Crippen LogP contribution in [0.5, 0.6) is 0 Å². The van der Waals surface area contributed by atoms with Crippen LogP contribution >= 0.6 is 0 Å². The Bertz CT molecular complexity index is 229. The van der Waals surface area contributed by atoms with E-state index in [4.69, 9.17) is 5.11 Å². The van der Waals surface area contributed by atoms with Crippen molar-refractivity contribution in [2.75, 3.05) is 0 Å². The van der Waals surface area contributed by atoms with Crippen molar-refractivity contribution in [3.05, 3.63) is 18.2 Å². The Balaban J connectivity index is 3.08. The molecule has 4 heteroatoms. The number of carbonyl (C=O) groups is 1. The lowest BCUT2D eigenvalue weighted by atomic mass is 10.5. The van der Waals surface area contributed by atoms with Crippen molar-refractivity contribution in [2.24, 2.45) is 0 Å². The largest absolute Gasteiger partial charge is 0.464 e. The first-order chi connectivity index (χ1) is 4.22. The van der Waals surface area contributed by atoms with E-state index in [0.717, 1.165) is 4.57 Å². The minimum atomic E-state index is -0.995. The summed E-state index contributed by atoms with van der Waals surface area (Å²) in [5, 5.41) is 8.38. The molecule has 1 heterocycles. The van der Waals surface area contributed by atoms with E-state index in [-0.39, 0.29) is 0 Å². The number of hydrogen-bond acceptors (Lipinski definition) is 2.